The van der Waals surface area contributed by atoms with Gasteiger partial charge in [-0.25, -0.2) is 0 Å². The molecule has 32 heavy (non-hydrogen) atoms. The van der Waals surface area contributed by atoms with Crippen LogP contribution in [0.25, 0.3) is 11.1 Å². The van der Waals surface area contributed by atoms with E-state index in [9.17, 15) is 0 Å². The number of aryl methyl sites for hydroxylation is 2. The van der Waals surface area contributed by atoms with Crippen molar-refractivity contribution in [3.8, 4) is 22.6 Å². The summed E-state index contributed by atoms with van der Waals surface area (Å²) in [5, 5.41) is 0. The molecule has 0 unspecified atom stereocenters. The van der Waals surface area contributed by atoms with Crippen molar-refractivity contribution < 1.29 is 9.47 Å². The van der Waals surface area contributed by atoms with E-state index in [1.165, 1.54) is 14.7 Å². The number of hydrogen-bond donors (Lipinski definition) is 0. The first kappa shape index (κ1) is 27.1. The normalized spacial score (nSPS) is 11.4. The van der Waals surface area contributed by atoms with Crippen LogP contribution in [-0.2, 0) is 0 Å². The molecule has 0 aliphatic carbocycles. The average Bonchev–Trinajstić information content (AvgIpc) is 2.72. The summed E-state index contributed by atoms with van der Waals surface area (Å²) in [5.41, 5.74) is 5.12. The molecule has 0 aliphatic rings. The zero-order chi connectivity index (χ0) is 24.1. The average molecular weight is 646 g/mol. The van der Waals surface area contributed by atoms with Crippen LogP contribution < -0.4 is 16.6 Å². The van der Waals surface area contributed by atoms with Gasteiger partial charge in [0.15, 0.2) is 0 Å². The first-order valence-electron chi connectivity index (χ1n) is 11.3. The number of benzene rings is 3. The van der Waals surface area contributed by atoms with Crippen molar-refractivity contribution in [2.24, 2.45) is 0 Å². The summed E-state index contributed by atoms with van der Waals surface area (Å²) < 4.78 is 14.3. The fourth-order valence-electron chi connectivity index (χ4n) is 3.98. The van der Waals surface area contributed by atoms with E-state index in [1.54, 1.807) is 17.8 Å². The van der Waals surface area contributed by atoms with Crippen molar-refractivity contribution in [1.29, 1.82) is 0 Å². The molecule has 0 aliphatic heterocycles. The number of methoxy groups -OCH3 is 2. The third-order valence-electron chi connectivity index (χ3n) is 5.60. The van der Waals surface area contributed by atoms with Gasteiger partial charge in [-0.05, 0) is 0 Å². The Morgan fingerprint density at radius 3 is 1.62 bits per heavy atom. The summed E-state index contributed by atoms with van der Waals surface area (Å²) >= 11 is -4.04. The van der Waals surface area contributed by atoms with Crippen LogP contribution in [0.4, 0.5) is 0 Å². The van der Waals surface area contributed by atoms with E-state index in [0.29, 0.717) is 0 Å². The summed E-state index contributed by atoms with van der Waals surface area (Å²) in [6.45, 7) is 4.40. The van der Waals surface area contributed by atoms with Gasteiger partial charge in [0.05, 0.1) is 0 Å². The summed E-state index contributed by atoms with van der Waals surface area (Å²) in [4.78, 5) is 14.5. The molecular formula is C28H40O2Sn2. The summed E-state index contributed by atoms with van der Waals surface area (Å²) in [6, 6.07) is 21.5. The van der Waals surface area contributed by atoms with E-state index in [4.69, 9.17) is 9.47 Å². The molecule has 172 valence electrons. The number of rotatable bonds is 5. The van der Waals surface area contributed by atoms with Gasteiger partial charge in [0.25, 0.3) is 0 Å². The molecule has 0 atom stereocenters. The molecule has 3 aromatic carbocycles. The van der Waals surface area contributed by atoms with Crippen LogP contribution in [0.3, 0.4) is 0 Å². The van der Waals surface area contributed by atoms with Gasteiger partial charge < -0.3 is 0 Å². The van der Waals surface area contributed by atoms with Crippen molar-refractivity contribution >= 4 is 43.9 Å². The maximum atomic E-state index is 5.63. The zero-order valence-corrected chi connectivity index (χ0v) is 27.3. The maximum absolute atomic E-state index is 5.63. The summed E-state index contributed by atoms with van der Waals surface area (Å²) in [5.74, 6) is 1.92. The minimum absolute atomic E-state index is 0.929. The van der Waals surface area contributed by atoms with Crippen molar-refractivity contribution in [1.82, 2.24) is 0 Å². The predicted molar refractivity (Wildman–Crippen MR) is 147 cm³/mol. The van der Waals surface area contributed by atoms with Crippen LogP contribution in [0, 0.1) is 13.8 Å². The van der Waals surface area contributed by atoms with Gasteiger partial charge in [0.2, 0.25) is 0 Å². The van der Waals surface area contributed by atoms with Crippen LogP contribution in [0.15, 0.2) is 60.7 Å². The van der Waals surface area contributed by atoms with Crippen molar-refractivity contribution in [3.05, 3.63) is 71.8 Å². The van der Waals surface area contributed by atoms with Gasteiger partial charge in [0.1, 0.15) is 0 Å². The van der Waals surface area contributed by atoms with E-state index >= 15 is 0 Å². The Morgan fingerprint density at radius 2 is 1.16 bits per heavy atom. The Bertz CT molecular complexity index is 1030. The first-order valence-corrected chi connectivity index (χ1v) is 31.3. The molecule has 0 saturated heterocycles. The topological polar surface area (TPSA) is 18.5 Å². The minimum atomic E-state index is -2.23. The van der Waals surface area contributed by atoms with Crippen molar-refractivity contribution in [2.45, 2.75) is 43.5 Å². The van der Waals surface area contributed by atoms with Crippen LogP contribution in [-0.4, -0.2) is 51.0 Å². The molecular weight excluding hydrogens is 606 g/mol. The fourth-order valence-corrected chi connectivity index (χ4v) is 13.4. The molecule has 2 nitrogen and oxygen atoms in total. The molecule has 0 heterocycles. The van der Waals surface area contributed by atoms with E-state index < -0.39 is 36.8 Å². The molecule has 3 rings (SSSR count). The molecule has 0 bridgehead atoms. The third-order valence-corrected chi connectivity index (χ3v) is 17.5. The molecule has 0 amide bonds. The first-order chi connectivity index (χ1) is 14.9. The second-order valence-electron chi connectivity index (χ2n) is 10.4. The van der Waals surface area contributed by atoms with Crippen molar-refractivity contribution in [3.63, 3.8) is 0 Å². The third kappa shape index (κ3) is 7.18. The van der Waals surface area contributed by atoms with Gasteiger partial charge in [-0.1, -0.05) is 0 Å². The van der Waals surface area contributed by atoms with Crippen LogP contribution in [0.5, 0.6) is 11.5 Å². The fraction of sp³-hybridized carbons (Fsp3) is 0.357. The molecule has 0 spiro atoms. The predicted octanol–water partition coefficient (Wildman–Crippen LogP) is 6.76. The van der Waals surface area contributed by atoms with Gasteiger partial charge in [-0.2, -0.15) is 0 Å². The van der Waals surface area contributed by atoms with Crippen LogP contribution >= 0.6 is 0 Å². The Labute approximate surface area is 204 Å². The van der Waals surface area contributed by atoms with E-state index in [1.807, 2.05) is 18.2 Å². The van der Waals surface area contributed by atoms with Gasteiger partial charge in [-0.3, -0.25) is 0 Å². The monoisotopic (exact) mass is 648 g/mol. The van der Waals surface area contributed by atoms with Gasteiger partial charge in [0, 0.05) is 0 Å². The summed E-state index contributed by atoms with van der Waals surface area (Å²) in [7, 11) is 3.48. The SMILES string of the molecule is COc1c[c]([Sn]([CH3])([CH3])[CH3])c(OC)cc1-c1ccccc1.Cc1cc[c]([Sn]([CH3])([CH3])[CH3])c(C)c1. The Balaban J connectivity index is 0.000000258. The van der Waals surface area contributed by atoms with E-state index in [-0.39, 0.29) is 0 Å². The molecule has 0 fully saturated rings. The molecule has 4 heteroatoms. The van der Waals surface area contributed by atoms with Gasteiger partial charge in [-0.15, -0.1) is 0 Å². The van der Waals surface area contributed by atoms with E-state index in [0.717, 1.165) is 22.6 Å². The Hall–Kier alpha value is -1.14. The second-order valence-corrected chi connectivity index (χ2v) is 39.2. The zero-order valence-electron chi connectivity index (χ0n) is 21.6. The quantitative estimate of drug-likeness (QED) is 0.286. The van der Waals surface area contributed by atoms with E-state index in [2.05, 4.69) is 85.9 Å². The van der Waals surface area contributed by atoms with Gasteiger partial charge >= 0.3 is 206 Å². The van der Waals surface area contributed by atoms with Crippen LogP contribution in [0.1, 0.15) is 11.1 Å². The Morgan fingerprint density at radius 1 is 0.594 bits per heavy atom. The summed E-state index contributed by atoms with van der Waals surface area (Å²) in [6.07, 6.45) is 0. The number of hydrogen-bond acceptors (Lipinski definition) is 2. The number of ether oxygens (including phenoxy) is 2. The standard InChI is InChI=1S/C14H13O2.C8H9.6CH3.2Sn/c1-15-12-8-9-14(16-2)13(10-12)11-6-4-3-5-7-11;1-7-4-3-5-8(2)6-7;;;;;;;;/h3-7,9-10H,1-2H3;3-4,6H,1-2H3;6*1H3;;. The molecule has 0 aromatic heterocycles. The molecule has 0 radical (unpaired) electrons. The molecule has 0 N–H and O–H groups in total. The molecule has 0 saturated carbocycles. The van der Waals surface area contributed by atoms with Crippen LogP contribution in [0.2, 0.25) is 29.6 Å². The van der Waals surface area contributed by atoms with Crippen molar-refractivity contribution in [2.75, 3.05) is 14.2 Å². The molecule has 3 aromatic rings. The second kappa shape index (κ2) is 11.3. The Kier molecular flexibility index (Phi) is 9.59.